The molecule has 26 heavy (non-hydrogen) atoms. The molecule has 6 atom stereocenters. The first kappa shape index (κ1) is 17.4. The lowest BCUT2D eigenvalue weighted by Crippen LogP contribution is -2.52. The average molecular weight is 354 g/mol. The van der Waals surface area contributed by atoms with Gasteiger partial charge in [0.15, 0.2) is 5.60 Å². The van der Waals surface area contributed by atoms with Gasteiger partial charge in [-0.1, -0.05) is 18.9 Å². The second kappa shape index (κ2) is 5.76. The first-order valence-corrected chi connectivity index (χ1v) is 9.49. The Balaban J connectivity index is 1.73. The molecule has 0 spiro atoms. The molecule has 5 unspecified atom stereocenters. The molecule has 4 rings (SSSR count). The minimum atomic E-state index is -0.839. The van der Waals surface area contributed by atoms with Crippen LogP contribution in [0.15, 0.2) is 18.2 Å². The standard InChI is InChI=1S/C22H26O4/c1-4-22(26-13(2)23)10-8-19-17-12-20(25)18-11-14(24)5-6-15(18)16(17)7-9-21(19,22)3/h1,5-6,11,16-17,19-20,24-25H,7-10,12H2,2-3H3/t16?,17?,19?,20?,21-,22?/m0/s1. The van der Waals surface area contributed by atoms with Crippen molar-refractivity contribution in [2.45, 2.75) is 63.6 Å². The molecule has 3 aliphatic rings. The van der Waals surface area contributed by atoms with Gasteiger partial charge in [0.05, 0.1) is 6.10 Å². The second-order valence-electron chi connectivity index (χ2n) is 8.50. The summed E-state index contributed by atoms with van der Waals surface area (Å²) in [6.45, 7) is 3.59. The fourth-order valence-corrected chi connectivity index (χ4v) is 6.25. The van der Waals surface area contributed by atoms with Crippen molar-refractivity contribution >= 4 is 5.97 Å². The van der Waals surface area contributed by atoms with Crippen molar-refractivity contribution in [3.8, 4) is 18.1 Å². The number of phenols is 1. The van der Waals surface area contributed by atoms with Crippen LogP contribution < -0.4 is 0 Å². The molecule has 3 aliphatic carbocycles. The topological polar surface area (TPSA) is 66.8 Å². The monoisotopic (exact) mass is 354 g/mol. The zero-order chi connectivity index (χ0) is 18.7. The Morgan fingerprint density at radius 2 is 2.08 bits per heavy atom. The third-order valence-corrected chi connectivity index (χ3v) is 7.43. The van der Waals surface area contributed by atoms with E-state index in [9.17, 15) is 15.0 Å². The van der Waals surface area contributed by atoms with Crippen molar-refractivity contribution in [3.63, 3.8) is 0 Å². The molecule has 2 fully saturated rings. The summed E-state index contributed by atoms with van der Waals surface area (Å²) >= 11 is 0. The van der Waals surface area contributed by atoms with Gasteiger partial charge in [0, 0.05) is 12.3 Å². The Hall–Kier alpha value is -1.99. The Morgan fingerprint density at radius 1 is 1.31 bits per heavy atom. The van der Waals surface area contributed by atoms with Crippen LogP contribution in [0.4, 0.5) is 0 Å². The van der Waals surface area contributed by atoms with Gasteiger partial charge in [0.1, 0.15) is 5.75 Å². The Morgan fingerprint density at radius 3 is 2.77 bits per heavy atom. The zero-order valence-corrected chi connectivity index (χ0v) is 15.4. The van der Waals surface area contributed by atoms with Crippen LogP contribution in [-0.4, -0.2) is 21.8 Å². The molecule has 2 saturated carbocycles. The lowest BCUT2D eigenvalue weighted by Gasteiger charge is -2.53. The summed E-state index contributed by atoms with van der Waals surface area (Å²) in [7, 11) is 0. The molecule has 4 nitrogen and oxygen atoms in total. The number of phenolic OH excluding ortho intramolecular Hbond substituents is 1. The Bertz CT molecular complexity index is 794. The fourth-order valence-electron chi connectivity index (χ4n) is 6.25. The number of hydrogen-bond donors (Lipinski definition) is 2. The van der Waals surface area contributed by atoms with Crippen LogP contribution in [0.2, 0.25) is 0 Å². The summed E-state index contributed by atoms with van der Waals surface area (Å²) in [5.41, 5.74) is 0.910. The highest BCUT2D eigenvalue weighted by Crippen LogP contribution is 2.66. The van der Waals surface area contributed by atoms with Crippen LogP contribution in [0, 0.1) is 29.6 Å². The summed E-state index contributed by atoms with van der Waals surface area (Å²) in [5, 5.41) is 20.5. The SMILES string of the molecule is C#CC1(OC(C)=O)CCC2C3CC(O)c4cc(O)ccc4C3CC[C@@]21C. The largest absolute Gasteiger partial charge is 0.508 e. The van der Waals surface area contributed by atoms with Gasteiger partial charge in [-0.15, -0.1) is 6.42 Å². The van der Waals surface area contributed by atoms with Crippen molar-refractivity contribution in [2.24, 2.45) is 17.3 Å². The summed E-state index contributed by atoms with van der Waals surface area (Å²) in [4.78, 5) is 11.7. The molecular formula is C22H26O4. The number of ether oxygens (including phenoxy) is 1. The van der Waals surface area contributed by atoms with Gasteiger partial charge in [-0.3, -0.25) is 4.79 Å². The van der Waals surface area contributed by atoms with Crippen LogP contribution in [0.5, 0.6) is 5.75 Å². The minimum Gasteiger partial charge on any atom is -0.508 e. The van der Waals surface area contributed by atoms with E-state index >= 15 is 0 Å². The summed E-state index contributed by atoms with van der Waals surface area (Å²) in [5.74, 6) is 3.70. The van der Waals surface area contributed by atoms with E-state index in [4.69, 9.17) is 11.2 Å². The number of esters is 1. The zero-order valence-electron chi connectivity index (χ0n) is 15.4. The number of hydrogen-bond acceptors (Lipinski definition) is 4. The van der Waals surface area contributed by atoms with E-state index in [1.54, 1.807) is 12.1 Å². The van der Waals surface area contributed by atoms with E-state index in [1.165, 1.54) is 6.92 Å². The van der Waals surface area contributed by atoms with Crippen molar-refractivity contribution in [1.82, 2.24) is 0 Å². The predicted molar refractivity (Wildman–Crippen MR) is 97.3 cm³/mol. The summed E-state index contributed by atoms with van der Waals surface area (Å²) in [6.07, 6.45) is 9.43. The van der Waals surface area contributed by atoms with Crippen LogP contribution in [-0.2, 0) is 9.53 Å². The highest BCUT2D eigenvalue weighted by molar-refractivity contribution is 5.67. The first-order chi connectivity index (χ1) is 12.3. The number of benzene rings is 1. The molecule has 0 bridgehead atoms. The van der Waals surface area contributed by atoms with E-state index in [-0.39, 0.29) is 17.1 Å². The molecule has 0 radical (unpaired) electrons. The maximum absolute atomic E-state index is 11.7. The molecule has 0 aromatic heterocycles. The molecule has 2 N–H and O–H groups in total. The van der Waals surface area contributed by atoms with Crippen molar-refractivity contribution in [1.29, 1.82) is 0 Å². The van der Waals surface area contributed by atoms with Crippen molar-refractivity contribution < 1.29 is 19.7 Å². The van der Waals surface area contributed by atoms with E-state index in [0.717, 1.165) is 30.4 Å². The molecule has 1 aromatic carbocycles. The van der Waals surface area contributed by atoms with Crippen LogP contribution in [0.3, 0.4) is 0 Å². The number of carbonyl (C=O) groups is 1. The van der Waals surface area contributed by atoms with E-state index in [0.29, 0.717) is 30.6 Å². The fraction of sp³-hybridized carbons (Fsp3) is 0.591. The number of fused-ring (bicyclic) bond motifs is 5. The number of terminal acetylenes is 1. The first-order valence-electron chi connectivity index (χ1n) is 9.49. The van der Waals surface area contributed by atoms with Gasteiger partial charge in [0.25, 0.3) is 0 Å². The summed E-state index contributed by atoms with van der Waals surface area (Å²) in [6, 6.07) is 5.37. The smallest absolute Gasteiger partial charge is 0.304 e. The minimum absolute atomic E-state index is 0.198. The molecule has 0 amide bonds. The third kappa shape index (κ3) is 2.23. The predicted octanol–water partition coefficient (Wildman–Crippen LogP) is 3.67. The van der Waals surface area contributed by atoms with Crippen molar-refractivity contribution in [3.05, 3.63) is 29.3 Å². The highest BCUT2D eigenvalue weighted by Gasteiger charge is 2.64. The lowest BCUT2D eigenvalue weighted by molar-refractivity contribution is -0.166. The molecule has 0 saturated heterocycles. The highest BCUT2D eigenvalue weighted by atomic mass is 16.6. The van der Waals surface area contributed by atoms with Gasteiger partial charge in [-0.2, -0.15) is 0 Å². The average Bonchev–Trinajstić information content (AvgIpc) is 2.88. The van der Waals surface area contributed by atoms with Crippen LogP contribution >= 0.6 is 0 Å². The molecule has 0 aliphatic heterocycles. The molecular weight excluding hydrogens is 328 g/mol. The molecule has 138 valence electrons. The van der Waals surface area contributed by atoms with Gasteiger partial charge < -0.3 is 14.9 Å². The van der Waals surface area contributed by atoms with Gasteiger partial charge >= 0.3 is 5.97 Å². The third-order valence-electron chi connectivity index (χ3n) is 7.43. The molecule has 0 heterocycles. The Labute approximate surface area is 154 Å². The van der Waals surface area contributed by atoms with Gasteiger partial charge in [0.2, 0.25) is 0 Å². The lowest BCUT2D eigenvalue weighted by atomic mass is 9.53. The number of rotatable bonds is 1. The maximum Gasteiger partial charge on any atom is 0.304 e. The Kier molecular flexibility index (Phi) is 3.86. The van der Waals surface area contributed by atoms with Gasteiger partial charge in [-0.05, 0) is 73.1 Å². The van der Waals surface area contributed by atoms with E-state index in [1.807, 2.05) is 6.07 Å². The number of aliphatic hydroxyl groups is 1. The summed E-state index contributed by atoms with van der Waals surface area (Å²) < 4.78 is 5.74. The van der Waals surface area contributed by atoms with E-state index < -0.39 is 11.7 Å². The maximum atomic E-state index is 11.7. The normalized spacial score (nSPS) is 40.7. The van der Waals surface area contributed by atoms with Gasteiger partial charge in [-0.25, -0.2) is 0 Å². The van der Waals surface area contributed by atoms with Crippen LogP contribution in [0.25, 0.3) is 0 Å². The molecule has 1 aromatic rings. The second-order valence-corrected chi connectivity index (χ2v) is 8.50. The number of carbonyl (C=O) groups excluding carboxylic acids is 1. The number of aromatic hydroxyl groups is 1. The molecule has 4 heteroatoms. The van der Waals surface area contributed by atoms with Crippen molar-refractivity contribution in [2.75, 3.05) is 0 Å². The quantitative estimate of drug-likeness (QED) is 0.596. The van der Waals surface area contributed by atoms with Crippen LogP contribution in [0.1, 0.15) is 69.1 Å². The van der Waals surface area contributed by atoms with E-state index in [2.05, 4.69) is 12.8 Å². The number of aliphatic hydroxyl groups excluding tert-OH is 1.